The van der Waals surface area contributed by atoms with Crippen molar-refractivity contribution in [1.82, 2.24) is 5.43 Å². The second-order valence-corrected chi connectivity index (χ2v) is 7.01. The molecule has 0 aromatic heterocycles. The Morgan fingerprint density at radius 3 is 2.43 bits per heavy atom. The summed E-state index contributed by atoms with van der Waals surface area (Å²) >= 11 is 10.2. The number of carbonyl (C=O) groups excluding carboxylic acids is 1. The predicted molar refractivity (Wildman–Crippen MR) is 100 cm³/mol. The topological polar surface area (TPSA) is 53.5 Å². The largest absolute Gasteiger partial charge is 0.375 e. The van der Waals surface area contributed by atoms with Gasteiger partial charge in [0.15, 0.2) is 0 Å². The molecule has 0 spiro atoms. The van der Waals surface area contributed by atoms with Gasteiger partial charge in [-0.25, -0.2) is 9.82 Å². The number of amides is 1. The zero-order valence-electron chi connectivity index (χ0n) is 11.6. The van der Waals surface area contributed by atoms with E-state index in [1.807, 2.05) is 12.1 Å². The number of nitrogens with one attached hydrogen (secondary N) is 2. The zero-order chi connectivity index (χ0) is 16.8. The van der Waals surface area contributed by atoms with Crippen LogP contribution < -0.4 is 10.7 Å². The van der Waals surface area contributed by atoms with Gasteiger partial charge in [-0.1, -0.05) is 12.1 Å². The molecule has 2 aromatic carbocycles. The average Bonchev–Trinajstić information content (AvgIpc) is 2.51. The van der Waals surface area contributed by atoms with Crippen LogP contribution in [0.15, 0.2) is 54.9 Å². The maximum absolute atomic E-state index is 12.8. The van der Waals surface area contributed by atoms with E-state index < -0.39 is 0 Å². The number of halogens is 4. The summed E-state index contributed by atoms with van der Waals surface area (Å²) in [4.78, 5) is 11.7. The van der Waals surface area contributed by atoms with Crippen molar-refractivity contribution in [3.63, 3.8) is 0 Å². The third-order valence-corrected chi connectivity index (χ3v) is 5.22. The van der Waals surface area contributed by atoms with Crippen LogP contribution >= 0.6 is 47.8 Å². The minimum absolute atomic E-state index is 0.0629. The van der Waals surface area contributed by atoms with E-state index in [0.29, 0.717) is 5.56 Å². The van der Waals surface area contributed by atoms with Crippen molar-refractivity contribution in [3.8, 4) is 0 Å². The van der Waals surface area contributed by atoms with Crippen LogP contribution in [0.25, 0.3) is 0 Å². The molecule has 120 valence electrons. The van der Waals surface area contributed by atoms with Crippen molar-refractivity contribution >= 4 is 65.6 Å². The molecular weight excluding hydrogens is 497 g/mol. The van der Waals surface area contributed by atoms with Crippen LogP contribution in [0.4, 0.5) is 10.1 Å². The number of hydrogen-bond acceptors (Lipinski definition) is 3. The summed E-state index contributed by atoms with van der Waals surface area (Å²) in [6.45, 7) is 0.0629. The van der Waals surface area contributed by atoms with Gasteiger partial charge in [-0.3, -0.25) is 4.79 Å². The van der Waals surface area contributed by atoms with Gasteiger partial charge in [0.25, 0.3) is 5.91 Å². The molecule has 0 radical (unpaired) electrons. The summed E-state index contributed by atoms with van der Waals surface area (Å²) in [6, 6.07) is 9.51. The standard InChI is InChI=1S/C15H11Br3FN3O/c16-11-5-13(18)14(6-12(11)17)20-8-15(23)22-21-7-9-1-3-10(19)4-2-9/h1-7,20H,8H2,(H,22,23)/b21-7-. The van der Waals surface area contributed by atoms with E-state index in [2.05, 4.69) is 63.6 Å². The molecule has 0 aliphatic rings. The van der Waals surface area contributed by atoms with Gasteiger partial charge in [0, 0.05) is 13.4 Å². The number of hydrazone groups is 1. The van der Waals surface area contributed by atoms with Crippen LogP contribution in [0.3, 0.4) is 0 Å². The van der Waals surface area contributed by atoms with E-state index in [1.165, 1.54) is 18.3 Å². The summed E-state index contributed by atoms with van der Waals surface area (Å²) in [6.07, 6.45) is 1.45. The summed E-state index contributed by atoms with van der Waals surface area (Å²) in [5, 5.41) is 6.83. The van der Waals surface area contributed by atoms with Crippen molar-refractivity contribution < 1.29 is 9.18 Å². The fourth-order valence-corrected chi connectivity index (χ4v) is 3.08. The number of rotatable bonds is 5. The summed E-state index contributed by atoms with van der Waals surface area (Å²) in [7, 11) is 0. The Balaban J connectivity index is 1.86. The van der Waals surface area contributed by atoms with E-state index in [9.17, 15) is 9.18 Å². The smallest absolute Gasteiger partial charge is 0.259 e. The Morgan fingerprint density at radius 1 is 1.09 bits per heavy atom. The molecule has 2 N–H and O–H groups in total. The normalized spacial score (nSPS) is 10.8. The SMILES string of the molecule is O=C(CNc1cc(Br)c(Br)cc1Br)N/N=C\c1ccc(F)cc1. The molecule has 4 nitrogen and oxygen atoms in total. The molecule has 0 aliphatic carbocycles. The van der Waals surface area contributed by atoms with Gasteiger partial charge >= 0.3 is 0 Å². The lowest BCUT2D eigenvalue weighted by molar-refractivity contribution is -0.119. The van der Waals surface area contributed by atoms with Crippen LogP contribution in [0.1, 0.15) is 5.56 Å². The van der Waals surface area contributed by atoms with Crippen molar-refractivity contribution in [2.75, 3.05) is 11.9 Å². The Hall–Kier alpha value is -1.25. The first kappa shape index (κ1) is 18.1. The molecule has 0 saturated carbocycles. The third kappa shape index (κ3) is 5.71. The molecule has 2 aromatic rings. The molecule has 1 amide bonds. The van der Waals surface area contributed by atoms with Gasteiger partial charge in [-0.2, -0.15) is 5.10 Å². The van der Waals surface area contributed by atoms with Crippen molar-refractivity contribution in [1.29, 1.82) is 0 Å². The summed E-state index contributed by atoms with van der Waals surface area (Å²) < 4.78 is 15.4. The van der Waals surface area contributed by atoms with E-state index in [4.69, 9.17) is 0 Å². The second kappa shape index (κ2) is 8.56. The first-order valence-electron chi connectivity index (χ1n) is 6.41. The molecule has 0 heterocycles. The van der Waals surface area contributed by atoms with Crippen LogP contribution in [0.2, 0.25) is 0 Å². The van der Waals surface area contributed by atoms with Gasteiger partial charge < -0.3 is 5.32 Å². The van der Waals surface area contributed by atoms with Crippen molar-refractivity contribution in [2.45, 2.75) is 0 Å². The number of nitrogens with zero attached hydrogens (tertiary/aromatic N) is 1. The maximum atomic E-state index is 12.8. The summed E-state index contributed by atoms with van der Waals surface area (Å²) in [5.41, 5.74) is 3.87. The second-order valence-electron chi connectivity index (χ2n) is 4.44. The Bertz CT molecular complexity index is 735. The average molecular weight is 508 g/mol. The minimum atomic E-state index is -0.318. The van der Waals surface area contributed by atoms with Gasteiger partial charge in [-0.05, 0) is 77.6 Å². The quantitative estimate of drug-likeness (QED) is 0.351. The molecular formula is C15H11Br3FN3O. The number of carbonyl (C=O) groups is 1. The van der Waals surface area contributed by atoms with Crippen molar-refractivity contribution in [3.05, 3.63) is 61.2 Å². The van der Waals surface area contributed by atoms with Gasteiger partial charge in [-0.15, -0.1) is 0 Å². The molecule has 0 atom stereocenters. The Morgan fingerprint density at radius 2 is 1.74 bits per heavy atom. The Labute approximate surface area is 157 Å². The monoisotopic (exact) mass is 505 g/mol. The molecule has 23 heavy (non-hydrogen) atoms. The number of benzene rings is 2. The lowest BCUT2D eigenvalue weighted by atomic mass is 10.2. The van der Waals surface area contributed by atoms with Gasteiger partial charge in [0.2, 0.25) is 0 Å². The highest BCUT2D eigenvalue weighted by molar-refractivity contribution is 9.13. The molecule has 0 fully saturated rings. The Kier molecular flexibility index (Phi) is 6.73. The van der Waals surface area contributed by atoms with E-state index >= 15 is 0 Å². The lowest BCUT2D eigenvalue weighted by Gasteiger charge is -2.09. The lowest BCUT2D eigenvalue weighted by Crippen LogP contribution is -2.26. The first-order valence-corrected chi connectivity index (χ1v) is 8.79. The van der Waals surface area contributed by atoms with Crippen LogP contribution in [-0.2, 0) is 4.79 Å². The molecule has 0 saturated heterocycles. The van der Waals surface area contributed by atoms with E-state index in [0.717, 1.165) is 19.1 Å². The minimum Gasteiger partial charge on any atom is -0.375 e. The first-order chi connectivity index (χ1) is 11.0. The zero-order valence-corrected chi connectivity index (χ0v) is 16.4. The third-order valence-electron chi connectivity index (χ3n) is 2.72. The number of anilines is 1. The van der Waals surface area contributed by atoms with Gasteiger partial charge in [0.1, 0.15) is 5.82 Å². The van der Waals surface area contributed by atoms with Crippen molar-refractivity contribution in [2.24, 2.45) is 5.10 Å². The van der Waals surface area contributed by atoms with E-state index in [-0.39, 0.29) is 18.3 Å². The fourth-order valence-electron chi connectivity index (χ4n) is 1.60. The highest BCUT2D eigenvalue weighted by Crippen LogP contribution is 2.32. The predicted octanol–water partition coefficient (Wildman–Crippen LogP) is 4.68. The number of hydrogen-bond donors (Lipinski definition) is 2. The molecule has 0 bridgehead atoms. The van der Waals surface area contributed by atoms with Gasteiger partial charge in [0.05, 0.1) is 18.4 Å². The fraction of sp³-hybridized carbons (Fsp3) is 0.0667. The van der Waals surface area contributed by atoms with Crippen LogP contribution in [0.5, 0.6) is 0 Å². The highest BCUT2D eigenvalue weighted by atomic mass is 79.9. The van der Waals surface area contributed by atoms with Crippen LogP contribution in [-0.4, -0.2) is 18.7 Å². The molecule has 2 rings (SSSR count). The van der Waals surface area contributed by atoms with E-state index in [1.54, 1.807) is 12.1 Å². The molecule has 0 unspecified atom stereocenters. The molecule has 0 aliphatic heterocycles. The van der Waals surface area contributed by atoms with Crippen LogP contribution in [0, 0.1) is 5.82 Å². The summed E-state index contributed by atoms with van der Waals surface area (Å²) in [5.74, 6) is -0.615. The maximum Gasteiger partial charge on any atom is 0.259 e. The highest BCUT2D eigenvalue weighted by Gasteiger charge is 2.06. The molecule has 8 heteroatoms.